The zero-order valence-electron chi connectivity index (χ0n) is 9.66. The highest BCUT2D eigenvalue weighted by molar-refractivity contribution is 7.70. The van der Waals surface area contributed by atoms with E-state index in [-0.39, 0.29) is 0 Å². The molecule has 2 rings (SSSR count). The molecule has 0 aliphatic carbocycles. The molecule has 0 radical (unpaired) electrons. The average molecular weight is 305 g/mol. The molecule has 0 aromatic carbocycles. The van der Waals surface area contributed by atoms with E-state index in [2.05, 4.69) is 4.98 Å². The van der Waals surface area contributed by atoms with Gasteiger partial charge in [0.1, 0.15) is 13.9 Å². The van der Waals surface area contributed by atoms with Crippen LogP contribution in [0.25, 0.3) is 5.65 Å². The third kappa shape index (κ3) is 2.57. The van der Waals surface area contributed by atoms with Gasteiger partial charge < -0.3 is 24.2 Å². The number of fused-ring (bicyclic) bond motifs is 1. The number of aromatic nitrogens is 2. The van der Waals surface area contributed by atoms with E-state index in [1.54, 1.807) is 28.8 Å². The minimum Gasteiger partial charge on any atom is -0.370 e. The topological polar surface area (TPSA) is 141 Å². The predicted octanol–water partition coefficient (Wildman–Crippen LogP) is -0.0365. The summed E-state index contributed by atoms with van der Waals surface area (Å²) < 4.78 is 12.9. The SMILES string of the molecule is NP(O)C(O)(Cc1cnc2ccccn12)P(=O)(O)O. The molecule has 0 aliphatic heterocycles. The van der Waals surface area contributed by atoms with E-state index in [1.165, 1.54) is 6.20 Å². The molecule has 2 unspecified atom stereocenters. The molecule has 19 heavy (non-hydrogen) atoms. The largest absolute Gasteiger partial charge is 0.370 e. The summed E-state index contributed by atoms with van der Waals surface area (Å²) in [5.74, 6) is 0. The van der Waals surface area contributed by atoms with Gasteiger partial charge in [0.25, 0.3) is 0 Å². The van der Waals surface area contributed by atoms with Crippen LogP contribution in [0.1, 0.15) is 5.69 Å². The van der Waals surface area contributed by atoms with Crippen LogP contribution >= 0.6 is 15.9 Å². The molecular formula is C9H13N3O5P2. The minimum atomic E-state index is -4.99. The monoisotopic (exact) mass is 305 g/mol. The van der Waals surface area contributed by atoms with Crippen LogP contribution in [0.2, 0.25) is 0 Å². The minimum absolute atomic E-state index is 0.341. The summed E-state index contributed by atoms with van der Waals surface area (Å²) >= 11 is 0. The molecule has 2 heterocycles. The maximum absolute atomic E-state index is 11.3. The molecule has 2 aromatic heterocycles. The zero-order chi connectivity index (χ0) is 14.3. The fourth-order valence-electron chi connectivity index (χ4n) is 1.68. The molecule has 6 N–H and O–H groups in total. The van der Waals surface area contributed by atoms with Gasteiger partial charge in [0.05, 0.1) is 0 Å². The number of hydrogen-bond acceptors (Lipinski definition) is 5. The van der Waals surface area contributed by atoms with Crippen LogP contribution in [-0.4, -0.2) is 34.3 Å². The fourth-order valence-corrected chi connectivity index (χ4v) is 3.44. The summed E-state index contributed by atoms with van der Waals surface area (Å²) in [6.45, 7) is 0. The van der Waals surface area contributed by atoms with Crippen LogP contribution in [0.5, 0.6) is 0 Å². The number of nitrogens with zero attached hydrogens (tertiary/aromatic N) is 2. The third-order valence-electron chi connectivity index (χ3n) is 2.75. The number of imidazole rings is 1. The Bertz CT molecular complexity index is 640. The van der Waals surface area contributed by atoms with Crippen LogP contribution < -0.4 is 5.50 Å². The maximum atomic E-state index is 11.3. The predicted molar refractivity (Wildman–Crippen MR) is 69.2 cm³/mol. The first-order chi connectivity index (χ1) is 8.75. The molecule has 104 valence electrons. The lowest BCUT2D eigenvalue weighted by Crippen LogP contribution is -2.32. The van der Waals surface area contributed by atoms with Gasteiger partial charge in [-0.3, -0.25) is 10.1 Å². The highest BCUT2D eigenvalue weighted by atomic mass is 31.2. The first kappa shape index (κ1) is 14.6. The van der Waals surface area contributed by atoms with Gasteiger partial charge in [-0.25, -0.2) is 4.98 Å². The molecule has 0 spiro atoms. The van der Waals surface area contributed by atoms with Crippen molar-refractivity contribution in [1.82, 2.24) is 9.38 Å². The Balaban J connectivity index is 2.46. The van der Waals surface area contributed by atoms with Crippen molar-refractivity contribution >= 4 is 21.5 Å². The van der Waals surface area contributed by atoms with E-state index in [4.69, 9.17) is 5.50 Å². The number of nitrogens with two attached hydrogens (primary N) is 1. The second-order valence-electron chi connectivity index (χ2n) is 4.02. The Morgan fingerprint density at radius 1 is 1.47 bits per heavy atom. The van der Waals surface area contributed by atoms with Crippen molar-refractivity contribution in [2.24, 2.45) is 5.50 Å². The van der Waals surface area contributed by atoms with Crippen molar-refractivity contribution in [2.45, 2.75) is 11.5 Å². The van der Waals surface area contributed by atoms with Gasteiger partial charge >= 0.3 is 7.60 Å². The van der Waals surface area contributed by atoms with Crippen molar-refractivity contribution < 1.29 is 24.4 Å². The summed E-state index contributed by atoms with van der Waals surface area (Å²) in [6, 6.07) is 5.16. The number of rotatable bonds is 4. The highest BCUT2D eigenvalue weighted by Crippen LogP contribution is 2.62. The molecule has 0 saturated carbocycles. The van der Waals surface area contributed by atoms with Crippen molar-refractivity contribution in [2.75, 3.05) is 0 Å². The molecule has 8 nitrogen and oxygen atoms in total. The quantitative estimate of drug-likeness (QED) is 0.499. The van der Waals surface area contributed by atoms with Crippen LogP contribution in [0, 0.1) is 0 Å². The van der Waals surface area contributed by atoms with E-state index in [0.29, 0.717) is 11.3 Å². The molecule has 0 bridgehead atoms. The molecule has 0 amide bonds. The Labute approximate surface area is 109 Å². The molecule has 2 atom stereocenters. The molecule has 0 aliphatic rings. The second-order valence-corrected chi connectivity index (χ2v) is 7.63. The van der Waals surface area contributed by atoms with Gasteiger partial charge in [-0.2, -0.15) is 0 Å². The van der Waals surface area contributed by atoms with Crippen molar-refractivity contribution in [3.8, 4) is 0 Å². The van der Waals surface area contributed by atoms with Gasteiger partial charge in [0.2, 0.25) is 5.08 Å². The summed E-state index contributed by atoms with van der Waals surface area (Å²) in [5.41, 5.74) is 6.07. The number of aliphatic hydroxyl groups is 1. The summed E-state index contributed by atoms with van der Waals surface area (Å²) in [6.07, 6.45) is 2.50. The van der Waals surface area contributed by atoms with E-state index in [9.17, 15) is 24.4 Å². The van der Waals surface area contributed by atoms with Crippen molar-refractivity contribution in [1.29, 1.82) is 0 Å². The molecule has 0 fully saturated rings. The lowest BCUT2D eigenvalue weighted by atomic mass is 10.3. The molecule has 0 saturated heterocycles. The summed E-state index contributed by atoms with van der Waals surface area (Å²) in [4.78, 5) is 31.7. The maximum Gasteiger partial charge on any atom is 0.365 e. The molecule has 2 aromatic rings. The van der Waals surface area contributed by atoms with Crippen molar-refractivity contribution in [3.63, 3.8) is 0 Å². The Hall–Kier alpha value is -0.850. The van der Waals surface area contributed by atoms with E-state index in [1.807, 2.05) is 0 Å². The first-order valence-corrected chi connectivity index (χ1v) is 8.16. The standard InChI is InChI=1S/C9H13N3O5P2/c10-18(14)9(13,19(15,16)17)5-7-6-11-8-3-1-2-4-12(7)8/h1-4,6,13-14H,5,10H2,(H2,15,16,17). The number of hydrogen-bond donors (Lipinski definition) is 5. The average Bonchev–Trinajstić information content (AvgIpc) is 2.71. The van der Waals surface area contributed by atoms with Crippen LogP contribution in [-0.2, 0) is 11.0 Å². The first-order valence-electron chi connectivity index (χ1n) is 5.18. The molecule has 10 heteroatoms. The Morgan fingerprint density at radius 2 is 2.16 bits per heavy atom. The van der Waals surface area contributed by atoms with Crippen LogP contribution in [0.4, 0.5) is 0 Å². The highest BCUT2D eigenvalue weighted by Gasteiger charge is 2.51. The Kier molecular flexibility index (Phi) is 3.77. The van der Waals surface area contributed by atoms with E-state index >= 15 is 0 Å². The smallest absolute Gasteiger partial charge is 0.365 e. The van der Waals surface area contributed by atoms with Crippen LogP contribution in [0.15, 0.2) is 30.6 Å². The van der Waals surface area contributed by atoms with Crippen molar-refractivity contribution in [3.05, 3.63) is 36.3 Å². The van der Waals surface area contributed by atoms with E-state index < -0.39 is 27.4 Å². The van der Waals surface area contributed by atoms with Gasteiger partial charge in [-0.15, -0.1) is 0 Å². The zero-order valence-corrected chi connectivity index (χ0v) is 11.4. The summed E-state index contributed by atoms with van der Waals surface area (Å²) in [5, 5.41) is 7.32. The van der Waals surface area contributed by atoms with Gasteiger partial charge in [0.15, 0.2) is 0 Å². The summed E-state index contributed by atoms with van der Waals surface area (Å²) in [7, 11) is -7.74. The van der Waals surface area contributed by atoms with Crippen LogP contribution in [0.3, 0.4) is 0 Å². The normalized spacial score (nSPS) is 17.3. The lowest BCUT2D eigenvalue weighted by Gasteiger charge is -2.30. The van der Waals surface area contributed by atoms with Gasteiger partial charge in [-0.05, 0) is 12.1 Å². The third-order valence-corrected chi connectivity index (χ3v) is 6.12. The molecular weight excluding hydrogens is 292 g/mol. The van der Waals surface area contributed by atoms with Gasteiger partial charge in [-0.1, -0.05) is 6.07 Å². The number of pyridine rings is 1. The Morgan fingerprint density at radius 3 is 2.74 bits per heavy atom. The second kappa shape index (κ2) is 4.92. The lowest BCUT2D eigenvalue weighted by molar-refractivity contribution is 0.158. The fraction of sp³-hybridized carbons (Fsp3) is 0.222. The van der Waals surface area contributed by atoms with E-state index in [0.717, 1.165) is 0 Å². The van der Waals surface area contributed by atoms with Gasteiger partial charge in [0, 0.05) is 24.5 Å².